The van der Waals surface area contributed by atoms with E-state index in [0.717, 1.165) is 37.0 Å². The fourth-order valence-electron chi connectivity index (χ4n) is 4.32. The Hall–Kier alpha value is -2.04. The summed E-state index contributed by atoms with van der Waals surface area (Å²) < 4.78 is 5.28. The van der Waals surface area contributed by atoms with Gasteiger partial charge in [0.25, 0.3) is 0 Å². The highest BCUT2D eigenvalue weighted by Crippen LogP contribution is 2.48. The van der Waals surface area contributed by atoms with Crippen LogP contribution in [0.1, 0.15) is 31.2 Å². The van der Waals surface area contributed by atoms with Gasteiger partial charge in [0, 0.05) is 29.9 Å². The number of carbonyl (C=O) groups is 2. The Morgan fingerprint density at radius 3 is 2.35 bits per heavy atom. The summed E-state index contributed by atoms with van der Waals surface area (Å²) in [6.45, 7) is 0.344. The second-order valence-electron chi connectivity index (χ2n) is 6.58. The van der Waals surface area contributed by atoms with Crippen LogP contribution in [0.3, 0.4) is 0 Å². The molecule has 0 unspecified atom stereocenters. The third kappa shape index (κ3) is 3.05. The number of carboxylic acid groups (broad SMARTS) is 1. The summed E-state index contributed by atoms with van der Waals surface area (Å²) in [4.78, 5) is 24.2. The lowest BCUT2D eigenvalue weighted by Gasteiger charge is -2.48. The topological polar surface area (TPSA) is 78.5 Å². The van der Waals surface area contributed by atoms with Gasteiger partial charge >= 0.3 is 0 Å². The second-order valence-corrected chi connectivity index (χ2v) is 6.58. The molecule has 2 atom stereocenters. The number of fused-ring (bicyclic) bond motifs is 3. The van der Waals surface area contributed by atoms with E-state index in [4.69, 9.17) is 4.74 Å². The van der Waals surface area contributed by atoms with E-state index in [-0.39, 0.29) is 17.7 Å². The molecule has 5 nitrogen and oxygen atoms in total. The Bertz CT molecular complexity index is 592. The largest absolute Gasteiger partial charge is 0.550 e. The van der Waals surface area contributed by atoms with Gasteiger partial charge in [-0.2, -0.15) is 0 Å². The van der Waals surface area contributed by atoms with Gasteiger partial charge in [-0.15, -0.1) is 0 Å². The van der Waals surface area contributed by atoms with Crippen LogP contribution >= 0.6 is 0 Å². The van der Waals surface area contributed by atoms with Crippen LogP contribution in [0, 0.1) is 23.7 Å². The number of para-hydroxylation sites is 1. The highest BCUT2D eigenvalue weighted by molar-refractivity contribution is 5.85. The van der Waals surface area contributed by atoms with Crippen LogP contribution in [0.15, 0.2) is 24.3 Å². The number of aliphatic carboxylic acids is 1. The van der Waals surface area contributed by atoms with Gasteiger partial charge in [0.05, 0.1) is 7.11 Å². The summed E-state index contributed by atoms with van der Waals surface area (Å²) in [6, 6.07) is 7.49. The minimum absolute atomic E-state index is 0.0898. The normalized spacial score (nSPS) is 29.1. The van der Waals surface area contributed by atoms with Gasteiger partial charge in [-0.3, -0.25) is 4.79 Å². The van der Waals surface area contributed by atoms with Crippen LogP contribution in [0.5, 0.6) is 5.75 Å². The van der Waals surface area contributed by atoms with Gasteiger partial charge in [0.1, 0.15) is 5.75 Å². The molecule has 0 radical (unpaired) electrons. The first-order valence-electron chi connectivity index (χ1n) is 8.22. The fraction of sp³-hybridized carbons (Fsp3) is 0.556. The summed E-state index contributed by atoms with van der Waals surface area (Å²) in [7, 11) is 1.59. The average molecular weight is 316 g/mol. The van der Waals surface area contributed by atoms with Crippen LogP contribution in [0.2, 0.25) is 0 Å². The molecular formula is C18H22NO4-. The summed E-state index contributed by atoms with van der Waals surface area (Å²) in [6.07, 6.45) is 3.70. The number of benzene rings is 1. The number of methoxy groups -OCH3 is 1. The van der Waals surface area contributed by atoms with Crippen molar-refractivity contribution >= 4 is 11.9 Å². The third-order valence-corrected chi connectivity index (χ3v) is 5.44. The van der Waals surface area contributed by atoms with E-state index in [1.165, 1.54) is 0 Å². The van der Waals surface area contributed by atoms with Crippen molar-refractivity contribution in [3.63, 3.8) is 0 Å². The van der Waals surface area contributed by atoms with Crippen molar-refractivity contribution in [1.29, 1.82) is 0 Å². The van der Waals surface area contributed by atoms with Crippen LogP contribution in [-0.4, -0.2) is 19.0 Å². The molecule has 5 heteroatoms. The zero-order valence-electron chi connectivity index (χ0n) is 13.3. The Balaban J connectivity index is 1.70. The zero-order chi connectivity index (χ0) is 16.4. The minimum atomic E-state index is -1.07. The Kier molecular flexibility index (Phi) is 4.55. The maximum Gasteiger partial charge on any atom is 0.224 e. The van der Waals surface area contributed by atoms with Crippen LogP contribution < -0.4 is 15.2 Å². The van der Waals surface area contributed by atoms with Gasteiger partial charge in [-0.1, -0.05) is 18.2 Å². The van der Waals surface area contributed by atoms with Crippen molar-refractivity contribution < 1.29 is 19.4 Å². The number of carbonyl (C=O) groups excluding carboxylic acids is 2. The zero-order valence-corrected chi connectivity index (χ0v) is 13.3. The molecule has 0 spiro atoms. The molecule has 3 saturated carbocycles. The monoisotopic (exact) mass is 316 g/mol. The van der Waals surface area contributed by atoms with Gasteiger partial charge in [-0.05, 0) is 43.6 Å². The molecule has 1 N–H and O–H groups in total. The van der Waals surface area contributed by atoms with Crippen molar-refractivity contribution in [2.75, 3.05) is 7.11 Å². The molecule has 0 saturated heterocycles. The molecule has 3 fully saturated rings. The predicted molar refractivity (Wildman–Crippen MR) is 82.3 cm³/mol. The lowest BCUT2D eigenvalue weighted by atomic mass is 9.58. The van der Waals surface area contributed by atoms with Crippen LogP contribution in [0.25, 0.3) is 0 Å². The van der Waals surface area contributed by atoms with E-state index >= 15 is 0 Å². The number of hydrogen-bond donors (Lipinski definition) is 1. The third-order valence-electron chi connectivity index (χ3n) is 5.44. The number of ether oxygens (including phenoxy) is 1. The van der Waals surface area contributed by atoms with E-state index < -0.39 is 17.8 Å². The predicted octanol–water partition coefficient (Wildman–Crippen LogP) is 1.11. The molecular weight excluding hydrogens is 294 g/mol. The average Bonchev–Trinajstić information content (AvgIpc) is 2.59. The Labute approximate surface area is 136 Å². The van der Waals surface area contributed by atoms with Crippen molar-refractivity contribution in [1.82, 2.24) is 5.32 Å². The second kappa shape index (κ2) is 6.60. The van der Waals surface area contributed by atoms with Gasteiger partial charge in [0.15, 0.2) is 0 Å². The fourth-order valence-corrected chi connectivity index (χ4v) is 4.32. The first kappa shape index (κ1) is 15.8. The molecule has 3 aliphatic carbocycles. The summed E-state index contributed by atoms with van der Waals surface area (Å²) in [5.41, 5.74) is 0.884. The summed E-state index contributed by atoms with van der Waals surface area (Å²) >= 11 is 0. The quantitative estimate of drug-likeness (QED) is 0.883. The molecule has 3 aliphatic rings. The molecule has 0 aromatic heterocycles. The summed E-state index contributed by atoms with van der Waals surface area (Å²) in [5.74, 6) is -1.36. The van der Waals surface area contributed by atoms with Crippen LogP contribution in [-0.2, 0) is 16.1 Å². The number of rotatable bonds is 5. The maximum absolute atomic E-state index is 12.6. The van der Waals surface area contributed by atoms with E-state index in [2.05, 4.69) is 5.32 Å². The molecule has 23 heavy (non-hydrogen) atoms. The van der Waals surface area contributed by atoms with Crippen molar-refractivity contribution in [3.05, 3.63) is 29.8 Å². The summed E-state index contributed by atoms with van der Waals surface area (Å²) in [5, 5.41) is 14.4. The maximum atomic E-state index is 12.6. The van der Waals surface area contributed by atoms with Gasteiger partial charge in [-0.25, -0.2) is 0 Å². The standard InChI is InChI=1S/C18H23NO4/c1-23-14-5-3-2-4-13(14)10-19-17(20)15-11-6-8-12(9-7-11)16(15)18(21)22/h2-5,11-12,15-16H,6-10H2,1H3,(H,19,20)(H,21,22)/p-1/t11?,12?,15-,16+/m0/s1. The molecule has 124 valence electrons. The highest BCUT2D eigenvalue weighted by atomic mass is 16.5. The first-order chi connectivity index (χ1) is 11.1. The van der Waals surface area contributed by atoms with Crippen molar-refractivity contribution in [2.45, 2.75) is 32.2 Å². The highest BCUT2D eigenvalue weighted by Gasteiger charge is 2.47. The minimum Gasteiger partial charge on any atom is -0.550 e. The molecule has 0 aliphatic heterocycles. The molecule has 2 bridgehead atoms. The number of hydrogen-bond acceptors (Lipinski definition) is 4. The SMILES string of the molecule is COc1ccccc1CNC(=O)[C@H]1C2CCC(CC2)[C@H]1C(=O)[O-]. The molecule has 1 aromatic carbocycles. The number of carboxylic acids is 1. The van der Waals surface area contributed by atoms with E-state index in [1.807, 2.05) is 24.3 Å². The smallest absolute Gasteiger partial charge is 0.224 e. The van der Waals surface area contributed by atoms with E-state index in [1.54, 1.807) is 7.11 Å². The first-order valence-corrected chi connectivity index (χ1v) is 8.22. The Morgan fingerprint density at radius 2 is 1.74 bits per heavy atom. The van der Waals surface area contributed by atoms with Crippen LogP contribution in [0.4, 0.5) is 0 Å². The number of amides is 1. The molecule has 4 rings (SSSR count). The lowest BCUT2D eigenvalue weighted by Crippen LogP contribution is -2.54. The Morgan fingerprint density at radius 1 is 1.13 bits per heavy atom. The molecule has 1 aromatic rings. The van der Waals surface area contributed by atoms with E-state index in [0.29, 0.717) is 6.54 Å². The van der Waals surface area contributed by atoms with Crippen molar-refractivity contribution in [2.24, 2.45) is 23.7 Å². The van der Waals surface area contributed by atoms with Gasteiger partial charge < -0.3 is 20.0 Å². The van der Waals surface area contributed by atoms with Gasteiger partial charge in [0.2, 0.25) is 5.91 Å². The molecule has 0 heterocycles. The van der Waals surface area contributed by atoms with E-state index in [9.17, 15) is 14.7 Å². The molecule has 1 amide bonds. The van der Waals surface area contributed by atoms with Crippen molar-refractivity contribution in [3.8, 4) is 5.75 Å². The number of nitrogens with one attached hydrogen (secondary N) is 1. The lowest BCUT2D eigenvalue weighted by molar-refractivity contribution is -0.318.